The molecular formula is C13H15FO3. The normalized spacial score (nSPS) is 31.1. The molecule has 4 heteroatoms. The fourth-order valence-electron chi connectivity index (χ4n) is 2.39. The SMILES string of the molecule is CCC1(c2ccc(F)cc2)OC1(C)C(=O)OC. The Labute approximate surface area is 99.5 Å². The molecule has 1 aliphatic heterocycles. The van der Waals surface area contributed by atoms with Crippen LogP contribution in [0, 0.1) is 5.82 Å². The van der Waals surface area contributed by atoms with Crippen LogP contribution in [-0.2, 0) is 19.9 Å². The van der Waals surface area contributed by atoms with Crippen LogP contribution in [-0.4, -0.2) is 18.7 Å². The Morgan fingerprint density at radius 2 is 2.00 bits per heavy atom. The van der Waals surface area contributed by atoms with Gasteiger partial charge in [0.25, 0.3) is 0 Å². The maximum atomic E-state index is 12.9. The van der Waals surface area contributed by atoms with Crippen LogP contribution in [0.15, 0.2) is 24.3 Å². The molecule has 0 spiro atoms. The quantitative estimate of drug-likeness (QED) is 0.599. The summed E-state index contributed by atoms with van der Waals surface area (Å²) in [4.78, 5) is 11.7. The number of carbonyl (C=O) groups is 1. The zero-order valence-electron chi connectivity index (χ0n) is 10.1. The van der Waals surface area contributed by atoms with E-state index in [4.69, 9.17) is 9.47 Å². The van der Waals surface area contributed by atoms with Gasteiger partial charge in [-0.25, -0.2) is 9.18 Å². The smallest absolute Gasteiger partial charge is 0.341 e. The van der Waals surface area contributed by atoms with E-state index in [2.05, 4.69) is 0 Å². The van der Waals surface area contributed by atoms with Crippen LogP contribution < -0.4 is 0 Å². The number of epoxide rings is 1. The van der Waals surface area contributed by atoms with E-state index in [0.29, 0.717) is 6.42 Å². The van der Waals surface area contributed by atoms with Gasteiger partial charge in [0.2, 0.25) is 0 Å². The van der Waals surface area contributed by atoms with Gasteiger partial charge >= 0.3 is 5.97 Å². The average molecular weight is 238 g/mol. The van der Waals surface area contributed by atoms with Gasteiger partial charge in [-0.2, -0.15) is 0 Å². The first-order valence-corrected chi connectivity index (χ1v) is 5.55. The van der Waals surface area contributed by atoms with Crippen molar-refractivity contribution in [2.24, 2.45) is 0 Å². The fourth-order valence-corrected chi connectivity index (χ4v) is 2.39. The number of rotatable bonds is 3. The Hall–Kier alpha value is -1.42. The third-order valence-electron chi connectivity index (χ3n) is 3.49. The summed E-state index contributed by atoms with van der Waals surface area (Å²) < 4.78 is 23.2. The number of benzene rings is 1. The Kier molecular flexibility index (Phi) is 2.70. The van der Waals surface area contributed by atoms with E-state index >= 15 is 0 Å². The first kappa shape index (κ1) is 12.0. The van der Waals surface area contributed by atoms with Gasteiger partial charge in [0.05, 0.1) is 7.11 Å². The summed E-state index contributed by atoms with van der Waals surface area (Å²) in [6.07, 6.45) is 0.629. The molecule has 0 saturated carbocycles. The molecule has 2 rings (SSSR count). The van der Waals surface area contributed by atoms with Crippen molar-refractivity contribution < 1.29 is 18.7 Å². The van der Waals surface area contributed by atoms with Crippen LogP contribution >= 0.6 is 0 Å². The molecule has 0 aromatic heterocycles. The monoisotopic (exact) mass is 238 g/mol. The minimum atomic E-state index is -0.964. The minimum Gasteiger partial charge on any atom is -0.467 e. The Bertz CT molecular complexity index is 442. The zero-order valence-corrected chi connectivity index (χ0v) is 10.1. The number of carbonyl (C=O) groups excluding carboxylic acids is 1. The molecule has 1 aromatic rings. The molecule has 1 aliphatic rings. The molecule has 0 bridgehead atoms. The molecule has 0 amide bonds. The van der Waals surface area contributed by atoms with Crippen LogP contribution in [0.4, 0.5) is 4.39 Å². The molecule has 0 N–H and O–H groups in total. The molecule has 0 aliphatic carbocycles. The molecule has 2 unspecified atom stereocenters. The van der Waals surface area contributed by atoms with Gasteiger partial charge in [-0.15, -0.1) is 0 Å². The predicted octanol–water partition coefficient (Wildman–Crippen LogP) is 2.39. The van der Waals surface area contributed by atoms with Crippen molar-refractivity contribution in [1.82, 2.24) is 0 Å². The highest BCUT2D eigenvalue weighted by Gasteiger charge is 2.72. The molecule has 17 heavy (non-hydrogen) atoms. The molecule has 0 radical (unpaired) electrons. The number of methoxy groups -OCH3 is 1. The maximum absolute atomic E-state index is 12.9. The highest BCUT2D eigenvalue weighted by molar-refractivity contribution is 5.84. The maximum Gasteiger partial charge on any atom is 0.341 e. The largest absolute Gasteiger partial charge is 0.467 e. The predicted molar refractivity (Wildman–Crippen MR) is 59.9 cm³/mol. The lowest BCUT2D eigenvalue weighted by Gasteiger charge is -2.14. The van der Waals surface area contributed by atoms with Crippen LogP contribution in [0.3, 0.4) is 0 Å². The summed E-state index contributed by atoms with van der Waals surface area (Å²) in [5, 5.41) is 0. The third-order valence-corrected chi connectivity index (χ3v) is 3.49. The third kappa shape index (κ3) is 1.55. The standard InChI is InChI=1S/C13H15FO3/c1-4-13(9-5-7-10(14)8-6-9)12(2,17-13)11(15)16-3/h5-8H,4H2,1-3H3. The Morgan fingerprint density at radius 3 is 2.47 bits per heavy atom. The number of halogens is 1. The second-order valence-corrected chi connectivity index (χ2v) is 4.31. The van der Waals surface area contributed by atoms with Crippen molar-refractivity contribution in [3.05, 3.63) is 35.6 Å². The van der Waals surface area contributed by atoms with E-state index in [1.807, 2.05) is 6.92 Å². The van der Waals surface area contributed by atoms with Gasteiger partial charge in [-0.1, -0.05) is 19.1 Å². The molecule has 1 heterocycles. The van der Waals surface area contributed by atoms with E-state index in [0.717, 1.165) is 5.56 Å². The Balaban J connectivity index is 2.36. The van der Waals surface area contributed by atoms with Gasteiger partial charge in [-0.3, -0.25) is 0 Å². The Morgan fingerprint density at radius 1 is 1.41 bits per heavy atom. The first-order valence-electron chi connectivity index (χ1n) is 5.55. The van der Waals surface area contributed by atoms with Gasteiger partial charge in [0.15, 0.2) is 5.60 Å². The van der Waals surface area contributed by atoms with Crippen molar-refractivity contribution in [1.29, 1.82) is 0 Å². The fraction of sp³-hybridized carbons (Fsp3) is 0.462. The highest BCUT2D eigenvalue weighted by Crippen LogP contribution is 2.58. The summed E-state index contributed by atoms with van der Waals surface area (Å²) in [6, 6.07) is 6.03. The summed E-state index contributed by atoms with van der Waals surface area (Å²) in [5.41, 5.74) is -0.850. The molecular weight excluding hydrogens is 223 g/mol. The van der Waals surface area contributed by atoms with Crippen LogP contribution in [0.5, 0.6) is 0 Å². The number of esters is 1. The highest BCUT2D eigenvalue weighted by atomic mass is 19.1. The zero-order chi connectivity index (χ0) is 12.7. The summed E-state index contributed by atoms with van der Waals surface area (Å²) in [6.45, 7) is 3.63. The number of hydrogen-bond acceptors (Lipinski definition) is 3. The van der Waals surface area contributed by atoms with Crippen molar-refractivity contribution in [2.75, 3.05) is 7.11 Å². The number of hydrogen-bond donors (Lipinski definition) is 0. The molecule has 92 valence electrons. The van der Waals surface area contributed by atoms with Gasteiger partial charge in [0, 0.05) is 0 Å². The van der Waals surface area contributed by atoms with Crippen LogP contribution in [0.2, 0.25) is 0 Å². The van der Waals surface area contributed by atoms with E-state index in [9.17, 15) is 9.18 Å². The molecule has 2 atom stereocenters. The lowest BCUT2D eigenvalue weighted by atomic mass is 9.85. The van der Waals surface area contributed by atoms with Crippen LogP contribution in [0.25, 0.3) is 0 Å². The first-order chi connectivity index (χ1) is 8.00. The summed E-state index contributed by atoms with van der Waals surface area (Å²) >= 11 is 0. The molecule has 3 nitrogen and oxygen atoms in total. The van der Waals surface area contributed by atoms with E-state index < -0.39 is 17.2 Å². The second kappa shape index (κ2) is 3.81. The van der Waals surface area contributed by atoms with Crippen molar-refractivity contribution >= 4 is 5.97 Å². The average Bonchev–Trinajstić information content (AvgIpc) is 2.97. The van der Waals surface area contributed by atoms with E-state index in [1.165, 1.54) is 19.2 Å². The topological polar surface area (TPSA) is 38.8 Å². The van der Waals surface area contributed by atoms with Crippen molar-refractivity contribution in [2.45, 2.75) is 31.5 Å². The van der Waals surface area contributed by atoms with Crippen molar-refractivity contribution in [3.63, 3.8) is 0 Å². The number of ether oxygens (including phenoxy) is 2. The van der Waals surface area contributed by atoms with Crippen LogP contribution in [0.1, 0.15) is 25.8 Å². The van der Waals surface area contributed by atoms with Gasteiger partial charge in [-0.05, 0) is 31.0 Å². The lowest BCUT2D eigenvalue weighted by molar-refractivity contribution is -0.146. The molecule has 1 aromatic carbocycles. The van der Waals surface area contributed by atoms with E-state index in [-0.39, 0.29) is 5.82 Å². The minimum absolute atomic E-state index is 0.305. The van der Waals surface area contributed by atoms with Gasteiger partial charge < -0.3 is 9.47 Å². The lowest BCUT2D eigenvalue weighted by Crippen LogP contribution is -2.30. The molecule has 1 saturated heterocycles. The van der Waals surface area contributed by atoms with Crippen molar-refractivity contribution in [3.8, 4) is 0 Å². The summed E-state index contributed by atoms with van der Waals surface area (Å²) in [7, 11) is 1.33. The second-order valence-electron chi connectivity index (χ2n) is 4.31. The molecule has 1 fully saturated rings. The summed E-state index contributed by atoms with van der Waals surface area (Å²) in [5.74, 6) is -0.705. The van der Waals surface area contributed by atoms with E-state index in [1.54, 1.807) is 19.1 Å². The van der Waals surface area contributed by atoms with Gasteiger partial charge in [0.1, 0.15) is 11.4 Å².